The van der Waals surface area contributed by atoms with Crippen LogP contribution in [0.25, 0.3) is 10.4 Å². The maximum absolute atomic E-state index is 12.1. The van der Waals surface area contributed by atoms with E-state index in [0.29, 0.717) is 4.90 Å². The summed E-state index contributed by atoms with van der Waals surface area (Å²) in [5, 5.41) is 3.23. The van der Waals surface area contributed by atoms with Gasteiger partial charge in [-0.3, -0.25) is 0 Å². The van der Waals surface area contributed by atoms with Gasteiger partial charge in [0.15, 0.2) is 0 Å². The molecule has 0 saturated heterocycles. The minimum atomic E-state index is -4.89. The Kier molecular flexibility index (Phi) is 7.11. The first-order chi connectivity index (χ1) is 6.90. The van der Waals surface area contributed by atoms with Crippen molar-refractivity contribution in [3.05, 3.63) is 34.2 Å². The van der Waals surface area contributed by atoms with Crippen molar-refractivity contribution in [2.45, 2.75) is 11.2 Å². The van der Waals surface area contributed by atoms with Gasteiger partial charge in [-0.15, -0.1) is 12.6 Å². The zero-order chi connectivity index (χ0) is 11.5. The minimum Gasteiger partial charge on any atom is -0.449 e. The second kappa shape index (κ2) is 6.95. The number of azide groups is 1. The molecule has 0 amide bonds. The standard InChI is InChI=1S/C7H6BF3N3S.K/c9-8(10,11)4-5-1-6(13-14-12)3-7(15)2-5;/h1-3,15H,4H2;/q-1;+1. The van der Waals surface area contributed by atoms with Crippen LogP contribution >= 0.6 is 12.6 Å². The quantitative estimate of drug-likeness (QED) is 0.278. The summed E-state index contributed by atoms with van der Waals surface area (Å²) in [4.78, 5) is 2.84. The van der Waals surface area contributed by atoms with Gasteiger partial charge in [0, 0.05) is 15.5 Å². The van der Waals surface area contributed by atoms with Crippen molar-refractivity contribution in [1.82, 2.24) is 0 Å². The van der Waals surface area contributed by atoms with E-state index >= 15 is 0 Å². The van der Waals surface area contributed by atoms with Crippen LogP contribution in [0.1, 0.15) is 5.56 Å². The average molecular weight is 271 g/mol. The summed E-state index contributed by atoms with van der Waals surface area (Å²) in [5.41, 5.74) is 8.34. The number of nitrogens with zero attached hydrogens (tertiary/aromatic N) is 3. The largest absolute Gasteiger partial charge is 1.00 e. The normalized spacial score (nSPS) is 10.2. The van der Waals surface area contributed by atoms with E-state index in [4.69, 9.17) is 5.53 Å². The summed E-state index contributed by atoms with van der Waals surface area (Å²) >= 11 is 3.92. The Labute approximate surface area is 138 Å². The van der Waals surface area contributed by atoms with Crippen molar-refractivity contribution in [3.63, 3.8) is 0 Å². The Morgan fingerprint density at radius 2 is 1.94 bits per heavy atom. The molecule has 0 heterocycles. The molecule has 0 bridgehead atoms. The van der Waals surface area contributed by atoms with E-state index in [9.17, 15) is 12.9 Å². The van der Waals surface area contributed by atoms with E-state index in [1.54, 1.807) is 0 Å². The van der Waals surface area contributed by atoms with Crippen LogP contribution in [0.5, 0.6) is 0 Å². The Hall–Kier alpha value is 0.371. The number of halogens is 3. The zero-order valence-electron chi connectivity index (χ0n) is 8.44. The number of benzene rings is 1. The Morgan fingerprint density at radius 3 is 2.44 bits per heavy atom. The maximum Gasteiger partial charge on any atom is 1.00 e. The van der Waals surface area contributed by atoms with Gasteiger partial charge in [-0.05, 0) is 17.7 Å². The minimum absolute atomic E-state index is 0. The van der Waals surface area contributed by atoms with Crippen LogP contribution in [0, 0.1) is 0 Å². The number of rotatable bonds is 3. The van der Waals surface area contributed by atoms with E-state index in [0.717, 1.165) is 0 Å². The Bertz CT molecular complexity index is 420. The van der Waals surface area contributed by atoms with Gasteiger partial charge >= 0.3 is 58.4 Å². The molecule has 0 aromatic heterocycles. The molecule has 16 heavy (non-hydrogen) atoms. The predicted octanol–water partition coefficient (Wildman–Crippen LogP) is 0.850. The third kappa shape index (κ3) is 6.19. The summed E-state index contributed by atoms with van der Waals surface area (Å²) < 4.78 is 36.4. The molecule has 9 heteroatoms. The molecule has 1 aromatic rings. The number of hydrogen-bond acceptors (Lipinski definition) is 2. The van der Waals surface area contributed by atoms with Gasteiger partial charge in [0.05, 0.1) is 0 Å². The van der Waals surface area contributed by atoms with Crippen LogP contribution in [0.4, 0.5) is 18.6 Å². The first-order valence-corrected chi connectivity index (χ1v) is 4.44. The van der Waals surface area contributed by atoms with E-state index in [1.807, 2.05) is 0 Å². The van der Waals surface area contributed by atoms with Crippen LogP contribution in [0.2, 0.25) is 0 Å². The molecule has 0 radical (unpaired) electrons. The van der Waals surface area contributed by atoms with E-state index in [2.05, 4.69) is 22.7 Å². The molecule has 80 valence electrons. The van der Waals surface area contributed by atoms with Gasteiger partial charge < -0.3 is 12.9 Å². The molecule has 0 aliphatic heterocycles. The fourth-order valence-corrected chi connectivity index (χ4v) is 1.45. The van der Waals surface area contributed by atoms with Crippen molar-refractivity contribution in [1.29, 1.82) is 0 Å². The van der Waals surface area contributed by atoms with Gasteiger partial charge in [0.1, 0.15) is 0 Å². The van der Waals surface area contributed by atoms with Gasteiger partial charge in [0.2, 0.25) is 0 Å². The van der Waals surface area contributed by atoms with Gasteiger partial charge in [-0.2, -0.15) is 0 Å². The van der Waals surface area contributed by atoms with Crippen molar-refractivity contribution < 1.29 is 64.3 Å². The van der Waals surface area contributed by atoms with Crippen molar-refractivity contribution in [2.24, 2.45) is 5.11 Å². The Balaban J connectivity index is 0.00000225. The first kappa shape index (κ1) is 16.4. The molecular formula is C7H6BF3KN3S. The van der Waals surface area contributed by atoms with E-state index in [-0.39, 0.29) is 62.6 Å². The fourth-order valence-electron chi connectivity index (χ4n) is 1.15. The maximum atomic E-state index is 12.1. The first-order valence-electron chi connectivity index (χ1n) is 4.00. The van der Waals surface area contributed by atoms with Gasteiger partial charge in [-0.25, -0.2) is 0 Å². The predicted molar refractivity (Wildman–Crippen MR) is 55.3 cm³/mol. The molecule has 1 rings (SSSR count). The van der Waals surface area contributed by atoms with Crippen LogP contribution in [0.3, 0.4) is 0 Å². The van der Waals surface area contributed by atoms with E-state index < -0.39 is 13.3 Å². The smallest absolute Gasteiger partial charge is 0.449 e. The molecule has 3 nitrogen and oxygen atoms in total. The summed E-state index contributed by atoms with van der Waals surface area (Å²) in [7, 11) is 0. The monoisotopic (exact) mass is 271 g/mol. The molecule has 0 aliphatic carbocycles. The third-order valence-corrected chi connectivity index (χ3v) is 1.85. The molecule has 0 saturated carbocycles. The molecule has 0 aliphatic rings. The second-order valence-corrected chi connectivity index (χ2v) is 3.48. The zero-order valence-corrected chi connectivity index (χ0v) is 12.5. The number of thiol groups is 1. The van der Waals surface area contributed by atoms with Crippen LogP contribution in [0.15, 0.2) is 28.2 Å². The second-order valence-electron chi connectivity index (χ2n) is 2.96. The van der Waals surface area contributed by atoms with Crippen molar-refractivity contribution in [3.8, 4) is 0 Å². The summed E-state index contributed by atoms with van der Waals surface area (Å²) in [6.07, 6.45) is -0.998. The molecule has 0 atom stereocenters. The molecule has 0 unspecified atom stereocenters. The van der Waals surface area contributed by atoms with Gasteiger partial charge in [0.25, 0.3) is 0 Å². The third-order valence-electron chi connectivity index (χ3n) is 1.59. The molecule has 0 fully saturated rings. The van der Waals surface area contributed by atoms with E-state index in [1.165, 1.54) is 18.2 Å². The topological polar surface area (TPSA) is 48.8 Å². The molecular weight excluding hydrogens is 265 g/mol. The summed E-state index contributed by atoms with van der Waals surface area (Å²) in [6.45, 7) is -4.89. The van der Waals surface area contributed by atoms with Crippen molar-refractivity contribution in [2.75, 3.05) is 0 Å². The van der Waals surface area contributed by atoms with Crippen molar-refractivity contribution >= 4 is 25.3 Å². The SMILES string of the molecule is [K+].[N-]=[N+]=Nc1cc(S)cc(C[B-](F)(F)F)c1. The summed E-state index contributed by atoms with van der Waals surface area (Å²) in [5.74, 6) is 0. The molecule has 0 spiro atoms. The van der Waals surface area contributed by atoms with Crippen LogP contribution in [-0.4, -0.2) is 6.98 Å². The average Bonchev–Trinajstić information content (AvgIpc) is 1.99. The van der Waals surface area contributed by atoms with Gasteiger partial charge in [-0.1, -0.05) is 23.1 Å². The molecule has 0 N–H and O–H groups in total. The Morgan fingerprint density at radius 1 is 1.31 bits per heavy atom. The van der Waals surface area contributed by atoms with Crippen LogP contribution < -0.4 is 51.4 Å². The fraction of sp³-hybridized carbons (Fsp3) is 0.143. The molecule has 1 aromatic carbocycles. The summed E-state index contributed by atoms with van der Waals surface area (Å²) in [6, 6.07) is 3.90. The van der Waals surface area contributed by atoms with Crippen LogP contribution in [-0.2, 0) is 6.32 Å². The number of hydrogen-bond donors (Lipinski definition) is 1.